The second-order valence-electron chi connectivity index (χ2n) is 22.4. The predicted molar refractivity (Wildman–Crippen MR) is 319 cm³/mol. The first-order valence-electron chi connectivity index (χ1n) is 26.8. The minimum absolute atomic E-state index is 0.00308. The van der Waals surface area contributed by atoms with Crippen LogP contribution >= 0.6 is 0 Å². The molecule has 0 unspecified atom stereocenters. The van der Waals surface area contributed by atoms with Crippen LogP contribution in [-0.2, 0) is 10.8 Å². The summed E-state index contributed by atoms with van der Waals surface area (Å²) in [6, 6.07) is 93.1. The van der Waals surface area contributed by atoms with Gasteiger partial charge in [0.2, 0.25) is 0 Å². The Labute approximate surface area is 444 Å². The summed E-state index contributed by atoms with van der Waals surface area (Å²) in [4.78, 5) is 0. The SMILES string of the molecule is CC1(C)c2cc(-c3ccc4ccccc4c3)ccc2-c2ccc(C(c3ccc(-c4ccc(-c5cccc6c5oc5ccccc56)cc4)cc3)c3ccc4c(c3)C(C)(C)c3cc(-c5ccc6ccccc6c5)ccc3-4)cc21. The Kier molecular flexibility index (Phi) is 9.79. The van der Waals surface area contributed by atoms with E-state index in [4.69, 9.17) is 4.42 Å². The van der Waals surface area contributed by atoms with E-state index >= 15 is 0 Å². The molecule has 0 fully saturated rings. The molecule has 15 rings (SSSR count). The van der Waals surface area contributed by atoms with Gasteiger partial charge >= 0.3 is 0 Å². The Hall–Kier alpha value is -9.04. The lowest BCUT2D eigenvalue weighted by Gasteiger charge is -2.27. The van der Waals surface area contributed by atoms with E-state index < -0.39 is 0 Å². The van der Waals surface area contributed by atoms with Gasteiger partial charge in [-0.2, -0.15) is 0 Å². The molecule has 1 heteroatoms. The van der Waals surface area contributed by atoms with E-state index in [1.54, 1.807) is 0 Å². The average molecular weight is 971 g/mol. The largest absolute Gasteiger partial charge is 0.455 e. The highest BCUT2D eigenvalue weighted by atomic mass is 16.3. The van der Waals surface area contributed by atoms with Crippen LogP contribution in [0.2, 0.25) is 0 Å². The van der Waals surface area contributed by atoms with Crippen LogP contribution in [0.25, 0.3) is 110 Å². The first-order valence-corrected chi connectivity index (χ1v) is 26.8. The molecule has 0 aliphatic heterocycles. The summed E-state index contributed by atoms with van der Waals surface area (Å²) < 4.78 is 6.43. The number of benzene rings is 12. The van der Waals surface area contributed by atoms with Crippen LogP contribution in [0.5, 0.6) is 0 Å². The van der Waals surface area contributed by atoms with Crippen molar-refractivity contribution >= 4 is 43.5 Å². The maximum Gasteiger partial charge on any atom is 0.143 e. The fourth-order valence-corrected chi connectivity index (χ4v) is 13.2. The molecule has 2 aliphatic rings. The van der Waals surface area contributed by atoms with Crippen molar-refractivity contribution in [1.82, 2.24) is 0 Å². The molecular formula is C75H54O. The van der Waals surface area contributed by atoms with Crippen molar-refractivity contribution in [3.8, 4) is 66.8 Å². The Morgan fingerprint density at radius 1 is 0.276 bits per heavy atom. The van der Waals surface area contributed by atoms with Gasteiger partial charge < -0.3 is 4.42 Å². The molecule has 0 N–H and O–H groups in total. The van der Waals surface area contributed by atoms with E-state index in [0.717, 1.165) is 33.1 Å². The standard InChI is InChI=1S/C75H54O/c1-74(2)67-42-56(54-30-24-46-12-5-7-14-52(46)40-54)32-36-61(67)63-38-34-58(44-69(63)74)72(51-28-22-49(23-29-51)48-20-26-50(27-21-48)60-17-11-18-66-65-16-9-10-19-71(65)76-73(60)66)59-35-39-64-62-37-33-57(43-68(62)75(3,4)70(64)45-59)55-31-25-47-13-6-8-15-53(47)41-55/h5-45,72H,1-4H3. The molecule has 1 heterocycles. The number of hydrogen-bond acceptors (Lipinski definition) is 1. The van der Waals surface area contributed by atoms with Gasteiger partial charge in [-0.25, -0.2) is 0 Å². The summed E-state index contributed by atoms with van der Waals surface area (Å²) in [5.41, 5.74) is 25.8. The summed E-state index contributed by atoms with van der Waals surface area (Å²) >= 11 is 0. The van der Waals surface area contributed by atoms with E-state index in [1.807, 2.05) is 6.07 Å². The van der Waals surface area contributed by atoms with Gasteiger partial charge in [-0.15, -0.1) is 0 Å². The zero-order chi connectivity index (χ0) is 50.9. The predicted octanol–water partition coefficient (Wildman–Crippen LogP) is 20.4. The second-order valence-corrected chi connectivity index (χ2v) is 22.4. The Balaban J connectivity index is 0.809. The normalized spacial score (nSPS) is 13.9. The van der Waals surface area contributed by atoms with Crippen molar-refractivity contribution in [2.75, 3.05) is 0 Å². The summed E-state index contributed by atoms with van der Waals surface area (Å²) in [6.45, 7) is 9.66. The monoisotopic (exact) mass is 970 g/mol. The zero-order valence-electron chi connectivity index (χ0n) is 43.2. The third-order valence-corrected chi connectivity index (χ3v) is 17.4. The molecule has 76 heavy (non-hydrogen) atoms. The molecule has 0 spiro atoms. The lowest BCUT2D eigenvalue weighted by Crippen LogP contribution is -2.17. The second kappa shape index (κ2) is 16.7. The summed E-state index contributed by atoms with van der Waals surface area (Å²) in [5, 5.41) is 7.36. The highest BCUT2D eigenvalue weighted by Crippen LogP contribution is 2.54. The highest BCUT2D eigenvalue weighted by Gasteiger charge is 2.39. The van der Waals surface area contributed by atoms with Crippen molar-refractivity contribution < 1.29 is 4.42 Å². The molecule has 0 atom stereocenters. The number of para-hydroxylation sites is 2. The smallest absolute Gasteiger partial charge is 0.143 e. The van der Waals surface area contributed by atoms with E-state index in [2.05, 4.69) is 270 Å². The lowest BCUT2D eigenvalue weighted by molar-refractivity contribution is 0.657. The number of fused-ring (bicyclic) bond motifs is 11. The van der Waals surface area contributed by atoms with Crippen molar-refractivity contribution in [3.63, 3.8) is 0 Å². The average Bonchev–Trinajstić information content (AvgIpc) is 4.04. The van der Waals surface area contributed by atoms with Gasteiger partial charge in [0.15, 0.2) is 0 Å². The molecule has 1 aromatic heterocycles. The Morgan fingerprint density at radius 2 is 0.671 bits per heavy atom. The molecular weight excluding hydrogens is 917 g/mol. The van der Waals surface area contributed by atoms with Crippen molar-refractivity contribution in [2.45, 2.75) is 44.4 Å². The summed E-state index contributed by atoms with van der Waals surface area (Å²) in [6.07, 6.45) is 0. The molecule has 0 saturated carbocycles. The van der Waals surface area contributed by atoms with Crippen LogP contribution < -0.4 is 0 Å². The molecule has 2 aliphatic carbocycles. The number of furan rings is 1. The molecule has 0 saturated heterocycles. The molecule has 1 nitrogen and oxygen atoms in total. The molecule has 0 radical (unpaired) electrons. The van der Waals surface area contributed by atoms with Crippen LogP contribution in [0.3, 0.4) is 0 Å². The molecule has 360 valence electrons. The minimum Gasteiger partial charge on any atom is -0.455 e. The van der Waals surface area contributed by atoms with Gasteiger partial charge in [0.05, 0.1) is 0 Å². The van der Waals surface area contributed by atoms with Gasteiger partial charge in [-0.05, 0) is 152 Å². The van der Waals surface area contributed by atoms with Crippen LogP contribution in [0.4, 0.5) is 0 Å². The molecule has 0 bridgehead atoms. The van der Waals surface area contributed by atoms with Crippen molar-refractivity contribution in [3.05, 3.63) is 288 Å². The van der Waals surface area contributed by atoms with Crippen molar-refractivity contribution in [1.29, 1.82) is 0 Å². The van der Waals surface area contributed by atoms with Gasteiger partial charge in [0.25, 0.3) is 0 Å². The molecule has 0 amide bonds. The van der Waals surface area contributed by atoms with Crippen LogP contribution in [0, 0.1) is 0 Å². The minimum atomic E-state index is -0.200. The topological polar surface area (TPSA) is 13.1 Å². The third-order valence-electron chi connectivity index (χ3n) is 17.4. The van der Waals surface area contributed by atoms with Gasteiger partial charge in [-0.1, -0.05) is 246 Å². The van der Waals surface area contributed by atoms with E-state index in [1.165, 1.54) is 116 Å². The summed E-state index contributed by atoms with van der Waals surface area (Å²) in [5.74, 6) is -0.00308. The summed E-state index contributed by atoms with van der Waals surface area (Å²) in [7, 11) is 0. The van der Waals surface area contributed by atoms with Crippen molar-refractivity contribution in [2.24, 2.45) is 0 Å². The molecule has 12 aromatic carbocycles. The number of hydrogen-bond donors (Lipinski definition) is 0. The van der Waals surface area contributed by atoms with Gasteiger partial charge in [-0.3, -0.25) is 0 Å². The van der Waals surface area contributed by atoms with E-state index in [-0.39, 0.29) is 16.7 Å². The zero-order valence-corrected chi connectivity index (χ0v) is 43.2. The van der Waals surface area contributed by atoms with Gasteiger partial charge in [0.1, 0.15) is 11.2 Å². The quantitative estimate of drug-likeness (QED) is 0.145. The van der Waals surface area contributed by atoms with Gasteiger partial charge in [0, 0.05) is 33.1 Å². The fraction of sp³-hybridized carbons (Fsp3) is 0.0933. The van der Waals surface area contributed by atoms with E-state index in [9.17, 15) is 0 Å². The van der Waals surface area contributed by atoms with Crippen LogP contribution in [0.15, 0.2) is 253 Å². The van der Waals surface area contributed by atoms with Crippen LogP contribution in [-0.4, -0.2) is 0 Å². The lowest BCUT2D eigenvalue weighted by atomic mass is 9.77. The first kappa shape index (κ1) is 44.4. The highest BCUT2D eigenvalue weighted by molar-refractivity contribution is 6.09. The number of rotatable bonds is 7. The Bertz CT molecular complexity index is 4310. The fourth-order valence-electron chi connectivity index (χ4n) is 13.2. The maximum absolute atomic E-state index is 6.43. The van der Waals surface area contributed by atoms with Crippen LogP contribution in [0.1, 0.15) is 72.6 Å². The Morgan fingerprint density at radius 3 is 1.22 bits per heavy atom. The van der Waals surface area contributed by atoms with E-state index in [0.29, 0.717) is 0 Å². The third kappa shape index (κ3) is 6.92. The molecule has 13 aromatic rings. The maximum atomic E-state index is 6.43. The first-order chi connectivity index (χ1) is 37.1.